The fourth-order valence-corrected chi connectivity index (χ4v) is 2.14. The predicted molar refractivity (Wildman–Crippen MR) is 69.8 cm³/mol. The van der Waals surface area contributed by atoms with Crippen molar-refractivity contribution in [2.24, 2.45) is 0 Å². The second kappa shape index (κ2) is 5.41. The zero-order valence-electron chi connectivity index (χ0n) is 10.1. The van der Waals surface area contributed by atoms with Gasteiger partial charge in [0, 0.05) is 6.07 Å². The number of ether oxygens (including phenoxy) is 1. The highest BCUT2D eigenvalue weighted by Crippen LogP contribution is 2.38. The van der Waals surface area contributed by atoms with Crippen LogP contribution in [0, 0.1) is 15.9 Å². The Labute approximate surface area is 120 Å². The van der Waals surface area contributed by atoms with Crippen molar-refractivity contribution in [1.82, 2.24) is 0 Å². The number of rotatable bonds is 3. The van der Waals surface area contributed by atoms with E-state index in [1.807, 2.05) is 0 Å². The molecule has 0 N–H and O–H groups in total. The Hall–Kier alpha value is -2.22. The molecule has 104 valence electrons. The van der Waals surface area contributed by atoms with E-state index in [9.17, 15) is 19.3 Å². The normalized spacial score (nSPS) is 10.3. The molecule has 2 aromatic rings. The summed E-state index contributed by atoms with van der Waals surface area (Å²) < 4.78 is 23.4. The Morgan fingerprint density at radius 2 is 2.25 bits per heavy atom. The van der Waals surface area contributed by atoms with E-state index >= 15 is 0 Å². The second-order valence-corrected chi connectivity index (χ2v) is 4.52. The van der Waals surface area contributed by atoms with Gasteiger partial charge < -0.3 is 9.15 Å². The van der Waals surface area contributed by atoms with Gasteiger partial charge in [0.1, 0.15) is 16.9 Å². The third-order valence-electron chi connectivity index (χ3n) is 2.55. The number of furan rings is 1. The Morgan fingerprint density at radius 1 is 1.55 bits per heavy atom. The van der Waals surface area contributed by atoms with Gasteiger partial charge in [-0.15, -0.1) is 0 Å². The van der Waals surface area contributed by atoms with Crippen LogP contribution in [0.25, 0.3) is 11.3 Å². The molecular weight excluding hydrogens is 337 g/mol. The summed E-state index contributed by atoms with van der Waals surface area (Å²) in [7, 11) is 1.06. The Morgan fingerprint density at radius 3 is 2.75 bits per heavy atom. The maximum Gasteiger partial charge on any atom is 0.341 e. The summed E-state index contributed by atoms with van der Waals surface area (Å²) in [6, 6.07) is 3.84. The molecular formula is C12H7BrFNO5. The summed E-state index contributed by atoms with van der Waals surface area (Å²) in [6.07, 6.45) is 1.26. The molecule has 0 fully saturated rings. The van der Waals surface area contributed by atoms with Crippen molar-refractivity contribution in [2.75, 3.05) is 7.11 Å². The number of halogens is 2. The van der Waals surface area contributed by atoms with Crippen LogP contribution in [0.3, 0.4) is 0 Å². The molecule has 0 aliphatic heterocycles. The van der Waals surface area contributed by atoms with E-state index in [1.165, 1.54) is 18.4 Å². The number of hydrogen-bond donors (Lipinski definition) is 0. The molecule has 0 saturated carbocycles. The summed E-state index contributed by atoms with van der Waals surface area (Å²) in [4.78, 5) is 22.1. The van der Waals surface area contributed by atoms with Crippen LogP contribution >= 0.6 is 15.9 Å². The van der Waals surface area contributed by atoms with Crippen molar-refractivity contribution in [1.29, 1.82) is 0 Å². The van der Waals surface area contributed by atoms with Gasteiger partial charge in [-0.2, -0.15) is 0 Å². The molecule has 2 rings (SSSR count). The molecule has 0 atom stereocenters. The molecule has 0 aliphatic rings. The summed E-state index contributed by atoms with van der Waals surface area (Å²) in [6.45, 7) is 0. The predicted octanol–water partition coefficient (Wildman–Crippen LogP) is 3.54. The molecule has 0 bridgehead atoms. The molecule has 1 aromatic heterocycles. The van der Waals surface area contributed by atoms with Gasteiger partial charge >= 0.3 is 5.97 Å². The number of nitro groups is 1. The number of carbonyl (C=O) groups is 1. The topological polar surface area (TPSA) is 82.6 Å². The highest BCUT2D eigenvalue weighted by molar-refractivity contribution is 9.10. The van der Waals surface area contributed by atoms with Crippen LogP contribution in [0.15, 0.2) is 33.4 Å². The summed E-state index contributed by atoms with van der Waals surface area (Å²) >= 11 is 2.84. The van der Waals surface area contributed by atoms with E-state index in [1.54, 1.807) is 0 Å². The monoisotopic (exact) mass is 343 g/mol. The molecule has 0 spiro atoms. The van der Waals surface area contributed by atoms with Crippen molar-refractivity contribution in [3.05, 3.63) is 50.4 Å². The van der Waals surface area contributed by atoms with E-state index in [4.69, 9.17) is 4.42 Å². The van der Waals surface area contributed by atoms with Gasteiger partial charge in [0.25, 0.3) is 5.69 Å². The number of benzene rings is 1. The zero-order chi connectivity index (χ0) is 14.9. The van der Waals surface area contributed by atoms with E-state index in [2.05, 4.69) is 20.7 Å². The molecule has 0 unspecified atom stereocenters. The van der Waals surface area contributed by atoms with E-state index in [0.717, 1.165) is 13.2 Å². The van der Waals surface area contributed by atoms with Crippen molar-refractivity contribution < 1.29 is 23.3 Å². The lowest BCUT2D eigenvalue weighted by molar-refractivity contribution is -0.384. The van der Waals surface area contributed by atoms with Crippen LogP contribution in [0.4, 0.5) is 10.1 Å². The highest BCUT2D eigenvalue weighted by atomic mass is 79.9. The maximum atomic E-state index is 14.1. The lowest BCUT2D eigenvalue weighted by atomic mass is 10.0. The number of esters is 1. The molecule has 0 saturated heterocycles. The van der Waals surface area contributed by atoms with Crippen molar-refractivity contribution >= 4 is 27.6 Å². The van der Waals surface area contributed by atoms with Crippen LogP contribution in [0.2, 0.25) is 0 Å². The zero-order valence-corrected chi connectivity index (χ0v) is 11.6. The first kappa shape index (κ1) is 14.2. The number of nitrogens with zero attached hydrogens (tertiary/aromatic N) is 1. The van der Waals surface area contributed by atoms with Crippen LogP contribution in [0.1, 0.15) is 10.4 Å². The van der Waals surface area contributed by atoms with Gasteiger partial charge in [-0.1, -0.05) is 0 Å². The van der Waals surface area contributed by atoms with Crippen LogP contribution in [-0.2, 0) is 4.74 Å². The molecule has 0 radical (unpaired) electrons. The number of hydrogen-bond acceptors (Lipinski definition) is 5. The summed E-state index contributed by atoms with van der Waals surface area (Å²) in [5.74, 6) is -1.98. The van der Waals surface area contributed by atoms with E-state index in [-0.39, 0.29) is 15.8 Å². The minimum atomic E-state index is -1.03. The molecule has 8 heteroatoms. The quantitative estimate of drug-likeness (QED) is 0.483. The Balaban J connectivity index is 2.89. The third kappa shape index (κ3) is 2.29. The lowest BCUT2D eigenvalue weighted by Gasteiger charge is -2.09. The highest BCUT2D eigenvalue weighted by Gasteiger charge is 2.31. The average molecular weight is 344 g/mol. The first-order valence-electron chi connectivity index (χ1n) is 5.26. The van der Waals surface area contributed by atoms with E-state index in [0.29, 0.717) is 0 Å². The van der Waals surface area contributed by atoms with Gasteiger partial charge in [0.2, 0.25) is 0 Å². The maximum absolute atomic E-state index is 14.1. The smallest absolute Gasteiger partial charge is 0.341 e. The summed E-state index contributed by atoms with van der Waals surface area (Å²) in [5, 5.41) is 11.1. The molecule has 6 nitrogen and oxygen atoms in total. The molecule has 0 amide bonds. The van der Waals surface area contributed by atoms with Gasteiger partial charge in [-0.25, -0.2) is 9.18 Å². The molecule has 0 aliphatic carbocycles. The number of carbonyl (C=O) groups excluding carboxylic acids is 1. The van der Waals surface area contributed by atoms with Crippen molar-refractivity contribution in [2.45, 2.75) is 0 Å². The fourth-order valence-electron chi connectivity index (χ4n) is 1.72. The lowest BCUT2D eigenvalue weighted by Crippen LogP contribution is -2.09. The summed E-state index contributed by atoms with van der Waals surface area (Å²) in [5.41, 5.74) is -1.27. The van der Waals surface area contributed by atoms with Gasteiger partial charge in [0.05, 0.1) is 22.8 Å². The SMILES string of the molecule is COC(=O)c1c(F)c(Br)cc([N+](=O)[O-])c1-c1ccco1. The Bertz CT molecular complexity index is 684. The van der Waals surface area contributed by atoms with Crippen LogP contribution in [-0.4, -0.2) is 18.0 Å². The molecule has 1 aromatic carbocycles. The third-order valence-corrected chi connectivity index (χ3v) is 3.13. The van der Waals surface area contributed by atoms with Crippen molar-refractivity contribution in [3.63, 3.8) is 0 Å². The average Bonchev–Trinajstić information content (AvgIpc) is 2.93. The molecule has 20 heavy (non-hydrogen) atoms. The van der Waals surface area contributed by atoms with E-state index < -0.39 is 28.0 Å². The van der Waals surface area contributed by atoms with Crippen LogP contribution in [0.5, 0.6) is 0 Å². The first-order chi connectivity index (χ1) is 9.47. The second-order valence-electron chi connectivity index (χ2n) is 3.67. The minimum Gasteiger partial charge on any atom is -0.465 e. The van der Waals surface area contributed by atoms with Gasteiger partial charge in [-0.3, -0.25) is 10.1 Å². The number of nitro benzene ring substituents is 1. The van der Waals surface area contributed by atoms with Crippen LogP contribution < -0.4 is 0 Å². The first-order valence-corrected chi connectivity index (χ1v) is 6.05. The standard InChI is InChI=1S/C12H7BrFNO5/c1-19-12(16)10-9(8-3-2-4-20-8)7(15(17)18)5-6(13)11(10)14/h2-5H,1H3. The van der Waals surface area contributed by atoms with Gasteiger partial charge in [-0.05, 0) is 28.1 Å². The largest absolute Gasteiger partial charge is 0.465 e. The molecule has 1 heterocycles. The fraction of sp³-hybridized carbons (Fsp3) is 0.0833. The van der Waals surface area contributed by atoms with Crippen molar-refractivity contribution in [3.8, 4) is 11.3 Å². The number of methoxy groups -OCH3 is 1. The Kier molecular flexibility index (Phi) is 3.84. The van der Waals surface area contributed by atoms with Gasteiger partial charge in [0.15, 0.2) is 5.82 Å². The minimum absolute atomic E-state index is 0.00324.